The number of sulfone groups is 1. The summed E-state index contributed by atoms with van der Waals surface area (Å²) in [6.45, 7) is 0.641. The van der Waals surface area contributed by atoms with E-state index in [1.807, 2.05) is 60.7 Å². The van der Waals surface area contributed by atoms with Gasteiger partial charge in [-0.15, -0.1) is 0 Å². The van der Waals surface area contributed by atoms with Crippen molar-refractivity contribution in [3.63, 3.8) is 0 Å². The molecule has 7 nitrogen and oxygen atoms in total. The summed E-state index contributed by atoms with van der Waals surface area (Å²) < 4.78 is 52.3. The lowest BCUT2D eigenvalue weighted by molar-refractivity contribution is -0.317. The van der Waals surface area contributed by atoms with Crippen molar-refractivity contribution < 1.29 is 27.4 Å². The van der Waals surface area contributed by atoms with Gasteiger partial charge in [0.1, 0.15) is 17.5 Å². The molecule has 2 fully saturated rings. The largest absolute Gasteiger partial charge is 0.354 e. The van der Waals surface area contributed by atoms with Gasteiger partial charge in [0.15, 0.2) is 22.4 Å². The molecule has 6 atom stereocenters. The van der Waals surface area contributed by atoms with E-state index in [1.165, 1.54) is 7.11 Å². The molecular formula is C27H29NO6S. The van der Waals surface area contributed by atoms with E-state index in [2.05, 4.69) is 5.32 Å². The van der Waals surface area contributed by atoms with Gasteiger partial charge in [0.2, 0.25) is 0 Å². The van der Waals surface area contributed by atoms with Gasteiger partial charge in [0.05, 0.1) is 17.5 Å². The number of hydrogen-bond acceptors (Lipinski definition) is 7. The molecular weight excluding hydrogens is 466 g/mol. The van der Waals surface area contributed by atoms with Crippen LogP contribution in [0.25, 0.3) is 0 Å². The zero-order valence-electron chi connectivity index (χ0n) is 19.4. The Balaban J connectivity index is 1.52. The molecule has 2 aliphatic rings. The molecule has 0 radical (unpaired) electrons. The molecule has 0 spiro atoms. The highest BCUT2D eigenvalue weighted by Gasteiger charge is 2.55. The van der Waals surface area contributed by atoms with E-state index in [0.29, 0.717) is 6.54 Å². The van der Waals surface area contributed by atoms with Crippen LogP contribution in [-0.4, -0.2) is 51.9 Å². The minimum atomic E-state index is -3.84. The van der Waals surface area contributed by atoms with Crippen LogP contribution in [0.1, 0.15) is 17.4 Å². The molecule has 3 aromatic carbocycles. The highest BCUT2D eigenvalue weighted by molar-refractivity contribution is 7.92. The van der Waals surface area contributed by atoms with Gasteiger partial charge in [0.25, 0.3) is 0 Å². The highest BCUT2D eigenvalue weighted by atomic mass is 32.2. The van der Waals surface area contributed by atoms with Crippen LogP contribution in [0.5, 0.6) is 0 Å². The summed E-state index contributed by atoms with van der Waals surface area (Å²) in [4.78, 5) is 0.235. The molecule has 2 heterocycles. The van der Waals surface area contributed by atoms with Crippen molar-refractivity contribution in [2.45, 2.75) is 47.5 Å². The van der Waals surface area contributed by atoms with E-state index in [-0.39, 0.29) is 11.5 Å². The molecule has 1 unspecified atom stereocenters. The van der Waals surface area contributed by atoms with Crippen molar-refractivity contribution in [3.8, 4) is 0 Å². The lowest BCUT2D eigenvalue weighted by atomic mass is 9.98. The predicted molar refractivity (Wildman–Crippen MR) is 130 cm³/mol. The molecule has 2 saturated heterocycles. The third-order valence-electron chi connectivity index (χ3n) is 6.46. The number of hydrogen-bond donors (Lipinski definition) is 1. The van der Waals surface area contributed by atoms with Crippen molar-refractivity contribution >= 4 is 9.84 Å². The van der Waals surface area contributed by atoms with Crippen molar-refractivity contribution in [3.05, 3.63) is 102 Å². The number of rotatable bonds is 7. The Kier molecular flexibility index (Phi) is 7.29. The molecule has 184 valence electrons. The average Bonchev–Trinajstić information content (AvgIpc) is 2.92. The fourth-order valence-electron chi connectivity index (χ4n) is 4.74. The van der Waals surface area contributed by atoms with E-state index >= 15 is 0 Å². The van der Waals surface area contributed by atoms with Gasteiger partial charge in [-0.05, 0) is 17.7 Å². The lowest BCUT2D eigenvalue weighted by Crippen LogP contribution is -2.67. The second-order valence-corrected chi connectivity index (χ2v) is 10.8. The molecule has 0 amide bonds. The monoisotopic (exact) mass is 495 g/mol. The Morgan fingerprint density at radius 1 is 0.886 bits per heavy atom. The van der Waals surface area contributed by atoms with Crippen LogP contribution in [0.15, 0.2) is 95.9 Å². The first kappa shape index (κ1) is 24.1. The third-order valence-corrected chi connectivity index (χ3v) is 8.67. The van der Waals surface area contributed by atoms with E-state index in [1.54, 1.807) is 30.3 Å². The van der Waals surface area contributed by atoms with Crippen LogP contribution in [-0.2, 0) is 35.3 Å². The van der Waals surface area contributed by atoms with Crippen molar-refractivity contribution in [2.75, 3.05) is 13.7 Å². The first-order valence-corrected chi connectivity index (χ1v) is 13.2. The zero-order chi connectivity index (χ0) is 24.3. The summed E-state index contributed by atoms with van der Waals surface area (Å²) in [6.07, 6.45) is -2.86. The quantitative estimate of drug-likeness (QED) is 0.537. The van der Waals surface area contributed by atoms with Crippen LogP contribution in [0.3, 0.4) is 0 Å². The fraction of sp³-hybridized carbons (Fsp3) is 0.333. The molecule has 0 aromatic heterocycles. The van der Waals surface area contributed by atoms with Gasteiger partial charge < -0.3 is 24.3 Å². The summed E-state index contributed by atoms with van der Waals surface area (Å²) in [6, 6.07) is 27.1. The zero-order valence-corrected chi connectivity index (χ0v) is 20.2. The predicted octanol–water partition coefficient (Wildman–Crippen LogP) is 3.47. The van der Waals surface area contributed by atoms with E-state index < -0.39 is 45.9 Å². The lowest BCUT2D eigenvalue weighted by Gasteiger charge is -2.49. The van der Waals surface area contributed by atoms with Gasteiger partial charge in [-0.3, -0.25) is 0 Å². The molecule has 35 heavy (non-hydrogen) atoms. The first-order chi connectivity index (χ1) is 17.1. The highest BCUT2D eigenvalue weighted by Crippen LogP contribution is 2.38. The van der Waals surface area contributed by atoms with Crippen LogP contribution >= 0.6 is 0 Å². The molecule has 8 heteroatoms. The van der Waals surface area contributed by atoms with E-state index in [0.717, 1.165) is 11.1 Å². The van der Waals surface area contributed by atoms with E-state index in [9.17, 15) is 8.42 Å². The number of nitrogens with one attached hydrogen (secondary N) is 1. The van der Waals surface area contributed by atoms with Gasteiger partial charge in [0, 0.05) is 19.2 Å². The topological polar surface area (TPSA) is 83.1 Å². The molecule has 0 bridgehead atoms. The van der Waals surface area contributed by atoms with Gasteiger partial charge in [-0.1, -0.05) is 78.9 Å². The molecule has 0 aliphatic carbocycles. The van der Waals surface area contributed by atoms with Crippen molar-refractivity contribution in [1.82, 2.24) is 5.32 Å². The molecule has 5 rings (SSSR count). The Labute approximate surface area is 205 Å². The maximum Gasteiger partial charge on any atom is 0.185 e. The Hall–Kier alpha value is -2.59. The van der Waals surface area contributed by atoms with Crippen LogP contribution in [0.4, 0.5) is 0 Å². The minimum absolute atomic E-state index is 0.191. The number of methoxy groups -OCH3 is 1. The SMILES string of the molecule is CO[C@H]1O[C@@H]2COC(c3ccccc3)O[C@H]2[C@H](S(=O)(=O)c2ccccc2)[C@H]1NCc1ccccc1. The smallest absolute Gasteiger partial charge is 0.185 e. The van der Waals surface area contributed by atoms with Crippen molar-refractivity contribution in [1.29, 1.82) is 0 Å². The third kappa shape index (κ3) is 5.04. The summed E-state index contributed by atoms with van der Waals surface area (Å²) in [5.74, 6) is 0. The normalized spacial score (nSPS) is 28.8. The number of benzene rings is 3. The maximum atomic E-state index is 14.1. The van der Waals surface area contributed by atoms with Gasteiger partial charge in [-0.2, -0.15) is 0 Å². The standard InChI is InChI=1S/C27H29NO6S/c1-31-27-23(28-17-19-11-5-2-6-12-19)25(35(29,30)21-15-9-4-10-16-21)24-22(33-27)18-32-26(34-24)20-13-7-3-8-14-20/h2-16,22-28H,17-18H2,1H3/t22-,23-,24-,25-,26?,27+/m1/s1. The van der Waals surface area contributed by atoms with Gasteiger partial charge in [-0.25, -0.2) is 8.42 Å². The Bertz CT molecular complexity index is 1190. The van der Waals surface area contributed by atoms with Crippen LogP contribution < -0.4 is 5.32 Å². The number of ether oxygens (including phenoxy) is 4. The fourth-order valence-corrected chi connectivity index (χ4v) is 6.79. The second-order valence-electron chi connectivity index (χ2n) is 8.67. The Morgan fingerprint density at radius 2 is 1.51 bits per heavy atom. The maximum absolute atomic E-state index is 14.1. The summed E-state index contributed by atoms with van der Waals surface area (Å²) in [5, 5.41) is 2.44. The second kappa shape index (κ2) is 10.6. The number of fused-ring (bicyclic) bond motifs is 1. The molecule has 2 aliphatic heterocycles. The molecule has 0 saturated carbocycles. The minimum Gasteiger partial charge on any atom is -0.354 e. The molecule has 3 aromatic rings. The van der Waals surface area contributed by atoms with Gasteiger partial charge >= 0.3 is 0 Å². The van der Waals surface area contributed by atoms with Crippen LogP contribution in [0, 0.1) is 0 Å². The van der Waals surface area contributed by atoms with Crippen molar-refractivity contribution in [2.24, 2.45) is 0 Å². The first-order valence-electron chi connectivity index (χ1n) is 11.6. The summed E-state index contributed by atoms with van der Waals surface area (Å²) in [5.41, 5.74) is 1.85. The Morgan fingerprint density at radius 3 is 2.17 bits per heavy atom. The average molecular weight is 496 g/mol. The van der Waals surface area contributed by atoms with E-state index in [4.69, 9.17) is 18.9 Å². The molecule has 1 N–H and O–H groups in total. The van der Waals surface area contributed by atoms with Crippen LogP contribution in [0.2, 0.25) is 0 Å². The summed E-state index contributed by atoms with van der Waals surface area (Å²) >= 11 is 0. The summed E-state index contributed by atoms with van der Waals surface area (Å²) in [7, 11) is -2.32.